The molecular formula is C11H14ClNO3. The van der Waals surface area contributed by atoms with Gasteiger partial charge in [-0.05, 0) is 24.6 Å². The van der Waals surface area contributed by atoms with Gasteiger partial charge in [-0.1, -0.05) is 11.6 Å². The zero-order chi connectivity index (χ0) is 12.0. The molecule has 0 aromatic heterocycles. The van der Waals surface area contributed by atoms with Crippen LogP contribution in [0.3, 0.4) is 0 Å². The molecule has 4 nitrogen and oxygen atoms in total. The molecule has 0 radical (unpaired) electrons. The Hall–Kier alpha value is -1.26. The molecule has 16 heavy (non-hydrogen) atoms. The summed E-state index contributed by atoms with van der Waals surface area (Å²) in [6, 6.07) is 4.26. The average molecular weight is 244 g/mol. The fourth-order valence-electron chi connectivity index (χ4n) is 1.20. The number of nitrogens with one attached hydrogen (secondary N) is 1. The maximum atomic E-state index is 11.6. The van der Waals surface area contributed by atoms with E-state index in [9.17, 15) is 9.90 Å². The summed E-state index contributed by atoms with van der Waals surface area (Å²) < 4.78 is 4.85. The molecule has 1 aromatic carbocycles. The molecule has 1 amide bonds. The number of amides is 1. The molecule has 0 atom stereocenters. The first kappa shape index (κ1) is 12.8. The first-order valence-electron chi connectivity index (χ1n) is 4.91. The summed E-state index contributed by atoms with van der Waals surface area (Å²) in [5, 5.41) is 12.2. The highest BCUT2D eigenvalue weighted by Crippen LogP contribution is 2.20. The van der Waals surface area contributed by atoms with Crippen molar-refractivity contribution in [2.75, 3.05) is 20.3 Å². The number of methoxy groups -OCH3 is 1. The average Bonchev–Trinajstić information content (AvgIpc) is 2.27. The molecular weight excluding hydrogens is 230 g/mol. The maximum absolute atomic E-state index is 11.6. The van der Waals surface area contributed by atoms with Crippen LogP contribution in [0.15, 0.2) is 18.2 Å². The van der Waals surface area contributed by atoms with Crippen molar-refractivity contribution in [1.82, 2.24) is 5.32 Å². The summed E-state index contributed by atoms with van der Waals surface area (Å²) in [6.45, 7) is 1.10. The Morgan fingerprint density at radius 1 is 1.56 bits per heavy atom. The van der Waals surface area contributed by atoms with Crippen LogP contribution in [0, 0.1) is 0 Å². The van der Waals surface area contributed by atoms with Crippen molar-refractivity contribution in [2.24, 2.45) is 0 Å². The SMILES string of the molecule is COCCCNC(=O)c1cc(O)ccc1Cl. The quantitative estimate of drug-likeness (QED) is 0.776. The van der Waals surface area contributed by atoms with Crippen LogP contribution in [0.1, 0.15) is 16.8 Å². The van der Waals surface area contributed by atoms with E-state index in [0.29, 0.717) is 18.2 Å². The second-order valence-corrected chi connectivity index (χ2v) is 3.67. The lowest BCUT2D eigenvalue weighted by molar-refractivity contribution is 0.0948. The Labute approximate surface area is 99.2 Å². The van der Waals surface area contributed by atoms with Crippen molar-refractivity contribution in [3.8, 4) is 5.75 Å². The highest BCUT2D eigenvalue weighted by molar-refractivity contribution is 6.33. The van der Waals surface area contributed by atoms with E-state index in [1.165, 1.54) is 18.2 Å². The number of halogens is 1. The number of carbonyl (C=O) groups is 1. The number of hydrogen-bond donors (Lipinski definition) is 2. The Kier molecular flexibility index (Phi) is 5.08. The van der Waals surface area contributed by atoms with Gasteiger partial charge in [0.25, 0.3) is 5.91 Å². The predicted molar refractivity (Wildman–Crippen MR) is 61.9 cm³/mol. The summed E-state index contributed by atoms with van der Waals surface area (Å²) in [5.74, 6) is -0.275. The minimum absolute atomic E-state index is 0.0199. The Bertz CT molecular complexity index is 368. The fourth-order valence-corrected chi connectivity index (χ4v) is 1.40. The number of hydrogen-bond acceptors (Lipinski definition) is 3. The lowest BCUT2D eigenvalue weighted by Crippen LogP contribution is -2.25. The van der Waals surface area contributed by atoms with E-state index in [1.54, 1.807) is 7.11 Å². The molecule has 88 valence electrons. The van der Waals surface area contributed by atoms with Gasteiger partial charge in [0.2, 0.25) is 0 Å². The van der Waals surface area contributed by atoms with E-state index in [4.69, 9.17) is 16.3 Å². The minimum Gasteiger partial charge on any atom is -0.508 e. The Morgan fingerprint density at radius 2 is 2.31 bits per heavy atom. The van der Waals surface area contributed by atoms with Crippen LogP contribution in [0.2, 0.25) is 5.02 Å². The second kappa shape index (κ2) is 6.35. The first-order valence-corrected chi connectivity index (χ1v) is 5.28. The molecule has 2 N–H and O–H groups in total. The Morgan fingerprint density at radius 3 is 3.00 bits per heavy atom. The van der Waals surface area contributed by atoms with Crippen molar-refractivity contribution in [3.63, 3.8) is 0 Å². The van der Waals surface area contributed by atoms with Crippen LogP contribution in [0.25, 0.3) is 0 Å². The van der Waals surface area contributed by atoms with Crippen molar-refractivity contribution >= 4 is 17.5 Å². The van der Waals surface area contributed by atoms with Gasteiger partial charge in [-0.3, -0.25) is 4.79 Å². The number of ether oxygens (including phenoxy) is 1. The van der Waals surface area contributed by atoms with E-state index in [1.807, 2.05) is 0 Å². The van der Waals surface area contributed by atoms with Gasteiger partial charge in [0.05, 0.1) is 10.6 Å². The number of aromatic hydroxyl groups is 1. The van der Waals surface area contributed by atoms with E-state index in [0.717, 1.165) is 6.42 Å². The van der Waals surface area contributed by atoms with E-state index < -0.39 is 0 Å². The third-order valence-electron chi connectivity index (χ3n) is 2.01. The minimum atomic E-state index is -0.294. The zero-order valence-electron chi connectivity index (χ0n) is 9.00. The second-order valence-electron chi connectivity index (χ2n) is 3.27. The first-order chi connectivity index (χ1) is 7.65. The topological polar surface area (TPSA) is 58.6 Å². The largest absolute Gasteiger partial charge is 0.508 e. The molecule has 0 unspecified atom stereocenters. The molecule has 0 aliphatic heterocycles. The van der Waals surface area contributed by atoms with Gasteiger partial charge >= 0.3 is 0 Å². The summed E-state index contributed by atoms with van der Waals surface area (Å²) in [6.07, 6.45) is 0.735. The molecule has 0 heterocycles. The lowest BCUT2D eigenvalue weighted by Gasteiger charge is -2.06. The van der Waals surface area contributed by atoms with Crippen molar-refractivity contribution in [3.05, 3.63) is 28.8 Å². The molecule has 0 spiro atoms. The van der Waals surface area contributed by atoms with Gasteiger partial charge in [-0.15, -0.1) is 0 Å². The van der Waals surface area contributed by atoms with Gasteiger partial charge in [0.1, 0.15) is 5.75 Å². The molecule has 0 saturated heterocycles. The standard InChI is InChI=1S/C11H14ClNO3/c1-16-6-2-5-13-11(15)9-7-8(14)3-4-10(9)12/h3-4,7,14H,2,5-6H2,1H3,(H,13,15). The third kappa shape index (κ3) is 3.72. The van der Waals surface area contributed by atoms with Gasteiger partial charge in [0, 0.05) is 20.3 Å². The predicted octanol–water partition coefficient (Wildman–Crippen LogP) is 1.81. The molecule has 0 aliphatic rings. The lowest BCUT2D eigenvalue weighted by atomic mass is 10.2. The summed E-state index contributed by atoms with van der Waals surface area (Å²) >= 11 is 5.83. The fraction of sp³-hybridized carbons (Fsp3) is 0.364. The monoisotopic (exact) mass is 243 g/mol. The Balaban J connectivity index is 2.55. The van der Waals surface area contributed by atoms with Crippen LogP contribution in [0.4, 0.5) is 0 Å². The number of phenolic OH excluding ortho intramolecular Hbond substituents is 1. The highest BCUT2D eigenvalue weighted by atomic mass is 35.5. The summed E-state index contributed by atoms with van der Waals surface area (Å²) in [5.41, 5.74) is 0.277. The highest BCUT2D eigenvalue weighted by Gasteiger charge is 2.10. The van der Waals surface area contributed by atoms with Crippen LogP contribution in [-0.4, -0.2) is 31.3 Å². The molecule has 0 fully saturated rings. The molecule has 5 heteroatoms. The van der Waals surface area contributed by atoms with E-state index in [2.05, 4.69) is 5.32 Å². The van der Waals surface area contributed by atoms with Crippen LogP contribution >= 0.6 is 11.6 Å². The van der Waals surface area contributed by atoms with Crippen LogP contribution < -0.4 is 5.32 Å². The molecule has 0 aliphatic carbocycles. The van der Waals surface area contributed by atoms with Crippen molar-refractivity contribution < 1.29 is 14.6 Å². The van der Waals surface area contributed by atoms with Gasteiger partial charge in [-0.2, -0.15) is 0 Å². The molecule has 1 rings (SSSR count). The van der Waals surface area contributed by atoms with Crippen molar-refractivity contribution in [1.29, 1.82) is 0 Å². The summed E-state index contributed by atoms with van der Waals surface area (Å²) in [4.78, 5) is 11.6. The van der Waals surface area contributed by atoms with Crippen molar-refractivity contribution in [2.45, 2.75) is 6.42 Å². The molecule has 0 bridgehead atoms. The zero-order valence-corrected chi connectivity index (χ0v) is 9.75. The molecule has 0 saturated carbocycles. The summed E-state index contributed by atoms with van der Waals surface area (Å²) in [7, 11) is 1.61. The number of carbonyl (C=O) groups excluding carboxylic acids is 1. The smallest absolute Gasteiger partial charge is 0.252 e. The van der Waals surface area contributed by atoms with Crippen LogP contribution in [0.5, 0.6) is 5.75 Å². The maximum Gasteiger partial charge on any atom is 0.252 e. The van der Waals surface area contributed by atoms with E-state index >= 15 is 0 Å². The van der Waals surface area contributed by atoms with Gasteiger partial charge < -0.3 is 15.2 Å². The van der Waals surface area contributed by atoms with Gasteiger partial charge in [0.15, 0.2) is 0 Å². The van der Waals surface area contributed by atoms with Gasteiger partial charge in [-0.25, -0.2) is 0 Å². The third-order valence-corrected chi connectivity index (χ3v) is 2.33. The number of rotatable bonds is 5. The number of benzene rings is 1. The van der Waals surface area contributed by atoms with E-state index in [-0.39, 0.29) is 17.2 Å². The normalized spacial score (nSPS) is 10.1. The number of phenols is 1. The molecule has 1 aromatic rings. The van der Waals surface area contributed by atoms with Crippen LogP contribution in [-0.2, 0) is 4.74 Å².